The largest absolute Gasteiger partial charge is 0.0835 e. The molecule has 0 aromatic heterocycles. The van der Waals surface area contributed by atoms with Crippen LogP contribution in [0.2, 0.25) is 0 Å². The number of hydrogen-bond acceptors (Lipinski definition) is 0. The van der Waals surface area contributed by atoms with E-state index in [0.717, 1.165) is 12.8 Å². The highest BCUT2D eigenvalue weighted by molar-refractivity contribution is 9.09. The average Bonchev–Trinajstić information content (AvgIpc) is 2.40. The quantitative estimate of drug-likeness (QED) is 0.551. The summed E-state index contributed by atoms with van der Waals surface area (Å²) < 4.78 is 0. The van der Waals surface area contributed by atoms with Gasteiger partial charge in [0.1, 0.15) is 0 Å². The molecule has 0 radical (unpaired) electrons. The SMILES string of the molecule is BrC1Cc2ccc(cc2)CC(Br)c2ccc1cc2. The monoisotopic (exact) mass is 364 g/mol. The Hall–Kier alpha value is -0.600. The number of benzene rings is 2. The Morgan fingerprint density at radius 3 is 1.28 bits per heavy atom. The molecule has 0 spiro atoms. The highest BCUT2D eigenvalue weighted by atomic mass is 79.9. The van der Waals surface area contributed by atoms with Crippen molar-refractivity contribution in [3.05, 3.63) is 70.8 Å². The summed E-state index contributed by atoms with van der Waals surface area (Å²) in [6.07, 6.45) is 2.08. The van der Waals surface area contributed by atoms with Gasteiger partial charge >= 0.3 is 0 Å². The van der Waals surface area contributed by atoms with Crippen LogP contribution in [0.25, 0.3) is 0 Å². The third-order valence-electron chi connectivity index (χ3n) is 3.51. The second kappa shape index (κ2) is 5.18. The molecule has 2 aromatic carbocycles. The predicted molar refractivity (Wildman–Crippen MR) is 83.6 cm³/mol. The van der Waals surface area contributed by atoms with Crippen molar-refractivity contribution in [1.29, 1.82) is 0 Å². The van der Waals surface area contributed by atoms with Gasteiger partial charge in [0.25, 0.3) is 0 Å². The molecular weight excluding hydrogens is 352 g/mol. The molecule has 92 valence electrons. The Morgan fingerprint density at radius 2 is 0.944 bits per heavy atom. The zero-order chi connectivity index (χ0) is 12.5. The van der Waals surface area contributed by atoms with Gasteiger partial charge < -0.3 is 0 Å². The highest BCUT2D eigenvalue weighted by Gasteiger charge is 2.13. The molecule has 0 N–H and O–H groups in total. The van der Waals surface area contributed by atoms with Gasteiger partial charge in [0.05, 0.1) is 0 Å². The second-order valence-corrected chi connectivity index (χ2v) is 7.04. The molecule has 0 saturated heterocycles. The van der Waals surface area contributed by atoms with Gasteiger partial charge in [0.2, 0.25) is 0 Å². The van der Waals surface area contributed by atoms with E-state index in [1.54, 1.807) is 0 Å². The molecule has 4 aliphatic rings. The smallest absolute Gasteiger partial charge is 0.0435 e. The zero-order valence-electron chi connectivity index (χ0n) is 9.94. The van der Waals surface area contributed by atoms with E-state index in [2.05, 4.69) is 80.4 Å². The van der Waals surface area contributed by atoms with Crippen LogP contribution in [0.1, 0.15) is 31.9 Å². The lowest BCUT2D eigenvalue weighted by Crippen LogP contribution is -2.01. The molecule has 2 aromatic rings. The van der Waals surface area contributed by atoms with Crippen LogP contribution in [0.15, 0.2) is 48.5 Å². The summed E-state index contributed by atoms with van der Waals surface area (Å²) in [6, 6.07) is 17.9. The van der Waals surface area contributed by atoms with Crippen LogP contribution in [0.5, 0.6) is 0 Å². The van der Waals surface area contributed by atoms with Crippen LogP contribution < -0.4 is 0 Å². The van der Waals surface area contributed by atoms with Crippen molar-refractivity contribution in [2.24, 2.45) is 0 Å². The minimum Gasteiger partial charge on any atom is -0.0835 e. The summed E-state index contributed by atoms with van der Waals surface area (Å²) in [6.45, 7) is 0. The molecule has 0 amide bonds. The normalized spacial score (nSPS) is 22.6. The Labute approximate surface area is 125 Å². The Balaban J connectivity index is 2.06. The highest BCUT2D eigenvalue weighted by Crippen LogP contribution is 2.32. The van der Waals surface area contributed by atoms with Crippen molar-refractivity contribution in [3.63, 3.8) is 0 Å². The van der Waals surface area contributed by atoms with Crippen LogP contribution in [0.3, 0.4) is 0 Å². The van der Waals surface area contributed by atoms with Gasteiger partial charge in [-0.1, -0.05) is 80.4 Å². The summed E-state index contributed by atoms with van der Waals surface area (Å²) in [5.41, 5.74) is 5.47. The summed E-state index contributed by atoms with van der Waals surface area (Å²) in [4.78, 5) is 0.788. The molecule has 2 atom stereocenters. The van der Waals surface area contributed by atoms with E-state index in [4.69, 9.17) is 0 Å². The summed E-state index contributed by atoms with van der Waals surface area (Å²) in [7, 11) is 0. The lowest BCUT2D eigenvalue weighted by molar-refractivity contribution is 0.911. The van der Waals surface area contributed by atoms with Crippen LogP contribution in [0, 0.1) is 0 Å². The fourth-order valence-corrected chi connectivity index (χ4v) is 3.73. The van der Waals surface area contributed by atoms with Crippen molar-refractivity contribution in [2.75, 3.05) is 0 Å². The van der Waals surface area contributed by atoms with E-state index >= 15 is 0 Å². The van der Waals surface area contributed by atoms with Gasteiger partial charge in [-0.2, -0.15) is 0 Å². The van der Waals surface area contributed by atoms with Crippen LogP contribution in [0.4, 0.5) is 0 Å². The topological polar surface area (TPSA) is 0 Å². The summed E-state index contributed by atoms with van der Waals surface area (Å²) in [5, 5.41) is 0. The first kappa shape index (κ1) is 12.4. The minimum absolute atomic E-state index is 0.394. The van der Waals surface area contributed by atoms with Crippen molar-refractivity contribution >= 4 is 31.9 Å². The first-order valence-electron chi connectivity index (χ1n) is 6.18. The van der Waals surface area contributed by atoms with Crippen LogP contribution >= 0.6 is 31.9 Å². The van der Waals surface area contributed by atoms with E-state index in [-0.39, 0.29) is 0 Å². The van der Waals surface area contributed by atoms with E-state index < -0.39 is 0 Å². The lowest BCUT2D eigenvalue weighted by atomic mass is 9.97. The summed E-state index contributed by atoms with van der Waals surface area (Å²) >= 11 is 7.57. The molecule has 2 unspecified atom stereocenters. The van der Waals surface area contributed by atoms with Crippen LogP contribution in [-0.4, -0.2) is 0 Å². The first-order chi connectivity index (χ1) is 8.72. The van der Waals surface area contributed by atoms with Crippen molar-refractivity contribution in [2.45, 2.75) is 22.5 Å². The molecule has 18 heavy (non-hydrogen) atoms. The maximum atomic E-state index is 3.79. The molecule has 0 saturated carbocycles. The molecule has 0 heterocycles. The maximum Gasteiger partial charge on any atom is 0.0435 e. The minimum atomic E-state index is 0.394. The molecule has 0 nitrogen and oxygen atoms in total. The summed E-state index contributed by atoms with van der Waals surface area (Å²) in [5.74, 6) is 0. The fraction of sp³-hybridized carbons (Fsp3) is 0.250. The van der Waals surface area contributed by atoms with E-state index in [1.165, 1.54) is 22.3 Å². The average molecular weight is 366 g/mol. The molecule has 0 aliphatic heterocycles. The third-order valence-corrected chi connectivity index (χ3v) is 5.22. The maximum absolute atomic E-state index is 3.79. The van der Waals surface area contributed by atoms with E-state index in [9.17, 15) is 0 Å². The van der Waals surface area contributed by atoms with Gasteiger partial charge in [0.15, 0.2) is 0 Å². The van der Waals surface area contributed by atoms with E-state index in [0.29, 0.717) is 9.65 Å². The Kier molecular flexibility index (Phi) is 3.58. The van der Waals surface area contributed by atoms with Crippen molar-refractivity contribution in [1.82, 2.24) is 0 Å². The number of halogens is 2. The third kappa shape index (κ3) is 2.55. The first-order valence-corrected chi connectivity index (χ1v) is 8.01. The van der Waals surface area contributed by atoms with E-state index in [1.807, 2.05) is 0 Å². The standard InChI is InChI=1S/C16H14Br2/c17-15-9-11-1-2-12(4-3-11)10-16(18)14-7-5-13(15)6-8-14/h1-8,15-16H,9-10H2. The van der Waals surface area contributed by atoms with Crippen molar-refractivity contribution in [3.8, 4) is 0 Å². The Morgan fingerprint density at radius 1 is 0.611 bits per heavy atom. The predicted octanol–water partition coefficient (Wildman–Crippen LogP) is 5.36. The fourth-order valence-electron chi connectivity index (χ4n) is 2.37. The molecule has 0 fully saturated rings. The van der Waals surface area contributed by atoms with Gasteiger partial charge in [0, 0.05) is 9.65 Å². The van der Waals surface area contributed by atoms with Gasteiger partial charge in [-0.05, 0) is 35.1 Å². The molecule has 6 rings (SSSR count). The van der Waals surface area contributed by atoms with Crippen LogP contribution in [-0.2, 0) is 12.8 Å². The molecule has 4 bridgehead atoms. The zero-order valence-corrected chi connectivity index (χ0v) is 13.1. The molecule has 2 heteroatoms. The molecule has 4 aliphatic carbocycles. The number of rotatable bonds is 0. The lowest BCUT2D eigenvalue weighted by Gasteiger charge is -2.16. The number of alkyl halides is 2. The Bertz CT molecular complexity index is 478. The number of hydrogen-bond donors (Lipinski definition) is 0. The van der Waals surface area contributed by atoms with Gasteiger partial charge in [-0.15, -0.1) is 0 Å². The molecular formula is C16H14Br2. The van der Waals surface area contributed by atoms with Gasteiger partial charge in [-0.3, -0.25) is 0 Å². The van der Waals surface area contributed by atoms with Gasteiger partial charge in [-0.25, -0.2) is 0 Å². The second-order valence-electron chi connectivity index (χ2n) is 4.83. The van der Waals surface area contributed by atoms with Crippen molar-refractivity contribution < 1.29 is 0 Å².